The minimum Gasteiger partial charge on any atom is -0.503 e. The molecule has 1 amide bonds. The molecule has 0 saturated carbocycles. The maximum absolute atomic E-state index is 13.7. The van der Waals surface area contributed by atoms with Crippen LogP contribution in [0.3, 0.4) is 0 Å². The number of benzene rings is 3. The van der Waals surface area contributed by atoms with Crippen molar-refractivity contribution in [3.05, 3.63) is 112 Å². The lowest BCUT2D eigenvalue weighted by Crippen LogP contribution is -2.33. The van der Waals surface area contributed by atoms with E-state index in [2.05, 4.69) is 0 Å². The predicted octanol–water partition coefficient (Wildman–Crippen LogP) is 5.97. The number of carbonyl (C=O) groups is 2. The van der Waals surface area contributed by atoms with E-state index in [0.29, 0.717) is 23.6 Å². The average Bonchev–Trinajstić information content (AvgIpc) is 3.42. The molecule has 1 N–H and O–H groups in total. The number of amides is 1. The fraction of sp³-hybridized carbons (Fsp3) is 0.172. The van der Waals surface area contributed by atoms with Gasteiger partial charge in [0.1, 0.15) is 5.58 Å². The van der Waals surface area contributed by atoms with Crippen LogP contribution in [0.25, 0.3) is 11.0 Å². The molecule has 0 aliphatic carbocycles. The van der Waals surface area contributed by atoms with E-state index in [9.17, 15) is 14.7 Å². The first-order chi connectivity index (χ1) is 17.3. The lowest BCUT2D eigenvalue weighted by atomic mass is 9.94. The third kappa shape index (κ3) is 4.36. The second kappa shape index (κ2) is 9.55. The molecule has 4 aromatic rings. The third-order valence-electron chi connectivity index (χ3n) is 6.48. The zero-order valence-corrected chi connectivity index (χ0v) is 20.7. The molecule has 0 radical (unpaired) electrons. The standard InChI is InChI=1S/C29H25ClN2O4/c1-31(2)22-13-9-19(10-14-22)26-25(27(33)24-17-20-5-3-4-6-23(20)36-24)28(34)29(35)32(26)16-15-18-7-11-21(30)12-8-18/h3-14,17,26,34H,15-16H2,1-2H3. The molecule has 5 rings (SSSR count). The number of fused-ring (bicyclic) bond motifs is 1. The Bertz CT molecular complexity index is 1440. The molecule has 36 heavy (non-hydrogen) atoms. The second-order valence-electron chi connectivity index (χ2n) is 9.00. The number of nitrogens with zero attached hydrogens (tertiary/aromatic N) is 2. The highest BCUT2D eigenvalue weighted by molar-refractivity contribution is 6.30. The number of carbonyl (C=O) groups excluding carboxylic acids is 2. The summed E-state index contributed by atoms with van der Waals surface area (Å²) >= 11 is 6.01. The maximum atomic E-state index is 13.7. The van der Waals surface area contributed by atoms with Crippen LogP contribution >= 0.6 is 11.6 Å². The van der Waals surface area contributed by atoms with Crippen molar-refractivity contribution < 1.29 is 19.1 Å². The Kier molecular flexibility index (Phi) is 6.29. The molecule has 0 spiro atoms. The minimum absolute atomic E-state index is 0.0211. The van der Waals surface area contributed by atoms with Gasteiger partial charge >= 0.3 is 0 Å². The highest BCUT2D eigenvalue weighted by Gasteiger charge is 2.44. The quantitative estimate of drug-likeness (QED) is 0.316. The molecule has 1 unspecified atom stereocenters. The van der Waals surface area contributed by atoms with E-state index in [4.69, 9.17) is 16.0 Å². The van der Waals surface area contributed by atoms with Crippen LogP contribution in [-0.4, -0.2) is 42.3 Å². The number of aliphatic hydroxyl groups is 1. The van der Waals surface area contributed by atoms with Crippen molar-refractivity contribution >= 4 is 39.9 Å². The first-order valence-corrected chi connectivity index (χ1v) is 12.0. The van der Waals surface area contributed by atoms with Crippen molar-refractivity contribution in [3.63, 3.8) is 0 Å². The molecule has 182 valence electrons. The van der Waals surface area contributed by atoms with Gasteiger partial charge in [-0.1, -0.05) is 54.1 Å². The van der Waals surface area contributed by atoms with Crippen molar-refractivity contribution in [2.24, 2.45) is 0 Å². The molecule has 1 aromatic heterocycles. The van der Waals surface area contributed by atoms with Gasteiger partial charge in [-0.25, -0.2) is 0 Å². The zero-order valence-electron chi connectivity index (χ0n) is 19.9. The van der Waals surface area contributed by atoms with E-state index in [1.807, 2.05) is 73.6 Å². The molecule has 1 aliphatic rings. The van der Waals surface area contributed by atoms with E-state index < -0.39 is 23.5 Å². The van der Waals surface area contributed by atoms with E-state index >= 15 is 0 Å². The summed E-state index contributed by atoms with van der Waals surface area (Å²) in [5.74, 6) is -1.55. The van der Waals surface area contributed by atoms with Gasteiger partial charge in [0.05, 0.1) is 11.6 Å². The molecule has 3 aromatic carbocycles. The number of furan rings is 1. The molecule has 0 fully saturated rings. The Balaban J connectivity index is 1.53. The van der Waals surface area contributed by atoms with E-state index in [-0.39, 0.29) is 11.3 Å². The van der Waals surface area contributed by atoms with Gasteiger partial charge in [0.2, 0.25) is 5.78 Å². The van der Waals surface area contributed by atoms with Crippen molar-refractivity contribution in [2.45, 2.75) is 12.5 Å². The molecular weight excluding hydrogens is 476 g/mol. The van der Waals surface area contributed by atoms with Crippen LogP contribution in [0.1, 0.15) is 27.7 Å². The maximum Gasteiger partial charge on any atom is 0.290 e. The fourth-order valence-electron chi connectivity index (χ4n) is 4.54. The molecule has 7 heteroatoms. The van der Waals surface area contributed by atoms with Gasteiger partial charge in [-0.2, -0.15) is 0 Å². The monoisotopic (exact) mass is 500 g/mol. The number of halogens is 1. The zero-order chi connectivity index (χ0) is 25.4. The summed E-state index contributed by atoms with van der Waals surface area (Å²) in [4.78, 5) is 30.5. The minimum atomic E-state index is -0.748. The van der Waals surface area contributed by atoms with Crippen LogP contribution in [0.15, 0.2) is 94.6 Å². The Labute approximate surface area is 214 Å². The molecule has 0 saturated heterocycles. The smallest absolute Gasteiger partial charge is 0.290 e. The normalized spacial score (nSPS) is 15.7. The first kappa shape index (κ1) is 23.7. The average molecular weight is 501 g/mol. The highest BCUT2D eigenvalue weighted by atomic mass is 35.5. The highest BCUT2D eigenvalue weighted by Crippen LogP contribution is 2.40. The Morgan fingerprint density at radius 1 is 1.03 bits per heavy atom. The fourth-order valence-corrected chi connectivity index (χ4v) is 4.67. The van der Waals surface area contributed by atoms with Crippen molar-refractivity contribution in [1.29, 1.82) is 0 Å². The number of rotatable bonds is 7. The van der Waals surface area contributed by atoms with Crippen molar-refractivity contribution in [2.75, 3.05) is 25.5 Å². The van der Waals surface area contributed by atoms with E-state index in [1.54, 1.807) is 29.2 Å². The largest absolute Gasteiger partial charge is 0.503 e. The SMILES string of the molecule is CN(C)c1ccc(C2C(C(=O)c3cc4ccccc4o3)=C(O)C(=O)N2CCc2ccc(Cl)cc2)cc1. The van der Waals surface area contributed by atoms with Crippen LogP contribution < -0.4 is 4.90 Å². The molecule has 1 aliphatic heterocycles. The first-order valence-electron chi connectivity index (χ1n) is 11.6. The van der Waals surface area contributed by atoms with Crippen molar-refractivity contribution in [3.8, 4) is 0 Å². The molecular formula is C29H25ClN2O4. The second-order valence-corrected chi connectivity index (χ2v) is 9.44. The Morgan fingerprint density at radius 3 is 2.39 bits per heavy atom. The van der Waals surface area contributed by atoms with E-state index in [0.717, 1.165) is 22.2 Å². The summed E-state index contributed by atoms with van der Waals surface area (Å²) in [6.45, 7) is 0.307. The summed E-state index contributed by atoms with van der Waals surface area (Å²) in [5.41, 5.74) is 3.29. The van der Waals surface area contributed by atoms with Crippen LogP contribution in [0.5, 0.6) is 0 Å². The van der Waals surface area contributed by atoms with Crippen LogP contribution in [0, 0.1) is 0 Å². The summed E-state index contributed by atoms with van der Waals surface area (Å²) in [7, 11) is 3.88. The van der Waals surface area contributed by atoms with Gasteiger partial charge in [-0.15, -0.1) is 0 Å². The number of hydrogen-bond acceptors (Lipinski definition) is 5. The summed E-state index contributed by atoms with van der Waals surface area (Å²) < 4.78 is 5.79. The van der Waals surface area contributed by atoms with Gasteiger partial charge in [0.25, 0.3) is 5.91 Å². The lowest BCUT2D eigenvalue weighted by molar-refractivity contribution is -0.129. The number of ketones is 1. The number of anilines is 1. The number of aliphatic hydroxyl groups excluding tert-OH is 1. The lowest BCUT2D eigenvalue weighted by Gasteiger charge is -2.27. The molecule has 0 bridgehead atoms. The number of hydrogen-bond donors (Lipinski definition) is 1. The van der Waals surface area contributed by atoms with Crippen LogP contribution in [0.2, 0.25) is 5.02 Å². The Hall–Kier alpha value is -4.03. The van der Waals surface area contributed by atoms with Gasteiger partial charge in [0.15, 0.2) is 11.5 Å². The molecule has 1 atom stereocenters. The third-order valence-corrected chi connectivity index (χ3v) is 6.73. The molecule has 2 heterocycles. The Morgan fingerprint density at radius 2 is 1.72 bits per heavy atom. The summed E-state index contributed by atoms with van der Waals surface area (Å²) in [6.07, 6.45) is 0.536. The van der Waals surface area contributed by atoms with Gasteiger partial charge < -0.3 is 19.3 Å². The van der Waals surface area contributed by atoms with Crippen molar-refractivity contribution in [1.82, 2.24) is 4.90 Å². The number of Topliss-reactive ketones (excluding diaryl/α,β-unsaturated/α-hetero) is 1. The summed E-state index contributed by atoms with van der Waals surface area (Å²) in [6, 6.07) is 23.2. The topological polar surface area (TPSA) is 74.0 Å². The van der Waals surface area contributed by atoms with Gasteiger partial charge in [0, 0.05) is 36.7 Å². The summed E-state index contributed by atoms with van der Waals surface area (Å²) in [5, 5.41) is 12.3. The molecule has 6 nitrogen and oxygen atoms in total. The van der Waals surface area contributed by atoms with Gasteiger partial charge in [-0.3, -0.25) is 9.59 Å². The van der Waals surface area contributed by atoms with Gasteiger partial charge in [-0.05, 0) is 53.9 Å². The number of para-hydroxylation sites is 1. The van der Waals surface area contributed by atoms with Crippen LogP contribution in [0.4, 0.5) is 5.69 Å². The van der Waals surface area contributed by atoms with Crippen LogP contribution in [-0.2, 0) is 11.2 Å². The predicted molar refractivity (Wildman–Crippen MR) is 141 cm³/mol. The van der Waals surface area contributed by atoms with E-state index in [1.165, 1.54) is 0 Å².